The van der Waals surface area contributed by atoms with Crippen LogP contribution in [0.4, 0.5) is 56.9 Å². The monoisotopic (exact) mass is 1790 g/mol. The molecule has 131 heavy (non-hydrogen) atoms. The van der Waals surface area contributed by atoms with Gasteiger partial charge < -0.3 is 76.3 Å². The van der Waals surface area contributed by atoms with Crippen LogP contribution in [0, 0.1) is 47.3 Å². The Morgan fingerprint density at radius 1 is 0.290 bits per heavy atom. The number of ether oxygens (including phenoxy) is 4. The molecular formula is C113H164N10O8. The Hall–Kier alpha value is -11.0. The molecule has 0 amide bonds. The summed E-state index contributed by atoms with van der Waals surface area (Å²) >= 11 is 0. The zero-order valence-corrected chi connectivity index (χ0v) is 75.7. The van der Waals surface area contributed by atoms with E-state index in [9.17, 15) is 19.2 Å². The van der Waals surface area contributed by atoms with E-state index in [-0.39, 0.29) is 79.4 Å². The normalized spacial score (nSPS) is 21.3. The second-order valence-electron chi connectivity index (χ2n) is 36.9. The van der Waals surface area contributed by atoms with Gasteiger partial charge in [0.1, 0.15) is 30.0 Å². The van der Waals surface area contributed by atoms with Gasteiger partial charge in [0.2, 0.25) is 0 Å². The van der Waals surface area contributed by atoms with Crippen molar-refractivity contribution in [3.8, 4) is 17.2 Å². The predicted molar refractivity (Wildman–Crippen MR) is 554 cm³/mol. The summed E-state index contributed by atoms with van der Waals surface area (Å²) in [4.78, 5) is 50.0. The number of carbonyl (C=O) groups is 4. The summed E-state index contributed by atoms with van der Waals surface area (Å²) in [5.41, 5.74) is 72.5. The molecule has 6 saturated carbocycles. The van der Waals surface area contributed by atoms with E-state index in [0.29, 0.717) is 116 Å². The molecule has 0 radical (unpaired) electrons. The molecule has 20 N–H and O–H groups in total. The molecule has 9 aromatic rings. The highest BCUT2D eigenvalue weighted by molar-refractivity contribution is 6.01. The van der Waals surface area contributed by atoms with Crippen LogP contribution in [-0.2, 0) is 35.5 Å². The molecule has 6 fully saturated rings. The summed E-state index contributed by atoms with van der Waals surface area (Å²) in [6.45, 7) is 12.2. The molecule has 0 heterocycles. The quantitative estimate of drug-likeness (QED) is 0.0137. The maximum Gasteiger partial charge on any atom is 0.338 e. The van der Waals surface area contributed by atoms with E-state index in [1.54, 1.807) is 110 Å². The number of Topliss-reactive ketones (excluding diaryl/α,β-unsaturated/α-hetero) is 3. The second-order valence-corrected chi connectivity index (χ2v) is 36.9. The highest BCUT2D eigenvalue weighted by atomic mass is 16.5. The smallest absolute Gasteiger partial charge is 0.338 e. The fourth-order valence-electron chi connectivity index (χ4n) is 20.1. The lowest BCUT2D eigenvalue weighted by molar-refractivity contribution is -0.00275. The van der Waals surface area contributed by atoms with Crippen LogP contribution in [-0.4, -0.2) is 35.5 Å². The first-order valence-corrected chi connectivity index (χ1v) is 47.2. The largest absolute Gasteiger partial charge is 0.489 e. The Kier molecular flexibility index (Phi) is 45.5. The highest BCUT2D eigenvalue weighted by Gasteiger charge is 2.34. The van der Waals surface area contributed by atoms with E-state index in [2.05, 4.69) is 64.1 Å². The van der Waals surface area contributed by atoms with Gasteiger partial charge in [-0.25, -0.2) is 4.79 Å². The average molecular weight is 1790 g/mol. The summed E-state index contributed by atoms with van der Waals surface area (Å²) in [7, 11) is 0. The maximum absolute atomic E-state index is 12.7. The van der Waals surface area contributed by atoms with Gasteiger partial charge in [-0.1, -0.05) is 153 Å². The van der Waals surface area contributed by atoms with Crippen LogP contribution < -0.4 is 66.8 Å². The van der Waals surface area contributed by atoms with E-state index in [1.165, 1.54) is 178 Å². The molecule has 0 spiro atoms. The van der Waals surface area contributed by atoms with Gasteiger partial charge in [0.15, 0.2) is 17.3 Å². The lowest BCUT2D eigenvalue weighted by Crippen LogP contribution is -2.29. The summed E-state index contributed by atoms with van der Waals surface area (Å²) in [5, 5.41) is 0. The number of hydrogen-bond donors (Lipinski definition) is 10. The van der Waals surface area contributed by atoms with Crippen LogP contribution in [0.2, 0.25) is 0 Å². The number of benzene rings is 9. The van der Waals surface area contributed by atoms with Crippen molar-refractivity contribution < 1.29 is 38.1 Å². The third-order valence-electron chi connectivity index (χ3n) is 27.9. The van der Waals surface area contributed by atoms with Crippen LogP contribution in [0.25, 0.3) is 0 Å². The maximum atomic E-state index is 12.7. The minimum absolute atomic E-state index is 0. The number of ketones is 3. The molecule has 9 aromatic carbocycles. The number of carbonyl (C=O) groups excluding carboxylic acids is 4. The van der Waals surface area contributed by atoms with E-state index in [4.69, 9.17) is 76.3 Å². The van der Waals surface area contributed by atoms with E-state index in [0.717, 1.165) is 100 Å². The number of esters is 1. The first kappa shape index (κ1) is 109. The highest BCUT2D eigenvalue weighted by Crippen LogP contribution is 2.45. The van der Waals surface area contributed by atoms with Crippen molar-refractivity contribution >= 4 is 80.2 Å². The molecule has 6 aliphatic carbocycles. The Morgan fingerprint density at radius 2 is 0.634 bits per heavy atom. The molecule has 714 valence electrons. The molecule has 0 bridgehead atoms. The lowest BCUT2D eigenvalue weighted by Gasteiger charge is -2.37. The van der Waals surface area contributed by atoms with Crippen molar-refractivity contribution in [1.29, 1.82) is 0 Å². The molecule has 15 rings (SSSR count). The number of hydrogen-bond acceptors (Lipinski definition) is 18. The van der Waals surface area contributed by atoms with Crippen molar-refractivity contribution in [3.63, 3.8) is 0 Å². The lowest BCUT2D eigenvalue weighted by atomic mass is 9.70. The number of nitrogens with two attached hydrogens (primary N) is 10. The fourth-order valence-corrected chi connectivity index (χ4v) is 20.1. The standard InChI is InChI=1S/C25H24N2O3.C21H32N2O2.C21H34N2O.C21H28N2O.C20H26N2O.5CH4/c1-2-23(28)20-12-16(14-24(29)18-3-7-21(26)8-4-18)11-17(13-20)15-25(30)19-5-9-22(27)10-6-19;1-2-14-3-5-15(6-4-14)16-7-9-20(10-8-16)25-21(24)17-11-18(22)13-19(23)12-17;2*1-2-15-3-5-17(6-4-15)18-7-9-21(10-8-18)24-14-16-11-19(22)13-20(23)12-16;1-2-14-3-5-15(6-4-14)16-7-10-18(11-8-16)23-20-12-9-17(21)13-19(20)22;;;;;/h3-13H,2,14-15,26-27H2,1H3;11-16,20H,2-10,22-23H2,1H3;11-13,15,17-18,21H,2-10,14,22-23H2,1H3;7-13,15,17H,2-6,14,22-23H2,1H3;7-15H,2-6,21-22H2,1H3;5*1H4. The van der Waals surface area contributed by atoms with E-state index >= 15 is 0 Å². The van der Waals surface area contributed by atoms with Crippen LogP contribution >= 0.6 is 0 Å². The number of rotatable bonds is 26. The molecule has 0 aromatic heterocycles. The van der Waals surface area contributed by atoms with Crippen LogP contribution in [0.1, 0.15) is 345 Å². The van der Waals surface area contributed by atoms with Crippen molar-refractivity contribution in [3.05, 3.63) is 244 Å². The third kappa shape index (κ3) is 34.3. The van der Waals surface area contributed by atoms with Crippen molar-refractivity contribution in [1.82, 2.24) is 0 Å². The minimum Gasteiger partial charge on any atom is -0.489 e. The summed E-state index contributed by atoms with van der Waals surface area (Å²) in [5.74, 6) is 10.8. The molecule has 6 aliphatic rings. The van der Waals surface area contributed by atoms with Gasteiger partial charge in [-0.05, 0) is 379 Å². The molecule has 0 saturated heterocycles. The number of anilines is 10. The summed E-state index contributed by atoms with van der Waals surface area (Å²) < 4.78 is 23.6. The Bertz CT molecular complexity index is 4760. The zero-order valence-electron chi connectivity index (χ0n) is 75.7. The summed E-state index contributed by atoms with van der Waals surface area (Å²) in [6, 6.07) is 57.3. The summed E-state index contributed by atoms with van der Waals surface area (Å²) in [6.07, 6.45) is 38.2. The van der Waals surface area contributed by atoms with Crippen LogP contribution in [0.3, 0.4) is 0 Å². The topological polar surface area (TPSA) is 365 Å². The number of nitrogen functional groups attached to an aromatic ring is 10. The first-order valence-electron chi connectivity index (χ1n) is 47.2. The first-order chi connectivity index (χ1) is 60.8. The Morgan fingerprint density at radius 3 is 1.01 bits per heavy atom. The fraction of sp³-hybridized carbons (Fsp3) is 0.487. The second kappa shape index (κ2) is 54.7. The van der Waals surface area contributed by atoms with Crippen molar-refractivity contribution in [2.24, 2.45) is 47.3 Å². The average Bonchev–Trinajstić information content (AvgIpc) is 0.728. The minimum atomic E-state index is -0.300. The Labute approximate surface area is 787 Å². The third-order valence-corrected chi connectivity index (χ3v) is 27.9. The van der Waals surface area contributed by atoms with Gasteiger partial charge >= 0.3 is 5.97 Å². The predicted octanol–water partition coefficient (Wildman–Crippen LogP) is 27.8. The molecule has 18 nitrogen and oxygen atoms in total. The van der Waals surface area contributed by atoms with Gasteiger partial charge in [0.25, 0.3) is 0 Å². The zero-order chi connectivity index (χ0) is 89.6. The van der Waals surface area contributed by atoms with E-state index < -0.39 is 0 Å². The van der Waals surface area contributed by atoms with Gasteiger partial charge in [-0.3, -0.25) is 14.4 Å². The van der Waals surface area contributed by atoms with Crippen LogP contribution in [0.5, 0.6) is 17.2 Å². The molecule has 0 aliphatic heterocycles. The van der Waals surface area contributed by atoms with Crippen LogP contribution in [0.15, 0.2) is 188 Å². The van der Waals surface area contributed by atoms with Crippen molar-refractivity contribution in [2.45, 2.75) is 308 Å². The van der Waals surface area contributed by atoms with Crippen molar-refractivity contribution in [2.75, 3.05) is 57.3 Å². The van der Waals surface area contributed by atoms with Gasteiger partial charge in [0, 0.05) is 87.1 Å². The van der Waals surface area contributed by atoms with E-state index in [1.807, 2.05) is 48.5 Å². The van der Waals surface area contributed by atoms with Gasteiger partial charge in [0.05, 0.1) is 24.0 Å². The molecule has 0 atom stereocenters. The van der Waals surface area contributed by atoms with Gasteiger partial charge in [-0.2, -0.15) is 0 Å². The molecule has 0 unspecified atom stereocenters. The molecular weight excluding hydrogens is 1630 g/mol. The van der Waals surface area contributed by atoms with Gasteiger partial charge in [-0.15, -0.1) is 0 Å². The SMILES string of the molecule is C.C.C.C.C.CCC(=O)c1cc(CC(=O)c2ccc(N)cc2)cc(CC(=O)c2ccc(N)cc2)c1.CCC1CCC(C2CCC(OC(=O)c3cc(N)cc(N)c3)CC2)CC1.CCC1CCC(C2CCC(OCc3cc(N)cc(N)c3)CC2)CC1.CCC1CCC(c2ccc(OCc3cc(N)cc(N)c3)cc2)CC1.CCC1CCC(c2ccc(Oc3ccc(N)cc3N)cc2)CC1. The molecule has 18 heteroatoms. The Balaban J connectivity index is 0.000000250.